The van der Waals surface area contributed by atoms with Crippen LogP contribution in [0.1, 0.15) is 24.2 Å². The minimum absolute atomic E-state index is 0.0442. The molecule has 2 nitrogen and oxygen atoms in total. The Kier molecular flexibility index (Phi) is 5.65. The van der Waals surface area contributed by atoms with Gasteiger partial charge in [-0.2, -0.15) is 0 Å². The number of para-hydroxylation sites is 1. The molecule has 0 saturated carbocycles. The first-order valence-electron chi connectivity index (χ1n) is 8.37. The van der Waals surface area contributed by atoms with Crippen LogP contribution in [0, 0.1) is 0 Å². The van der Waals surface area contributed by atoms with Gasteiger partial charge in [0.25, 0.3) is 0 Å². The lowest BCUT2D eigenvalue weighted by molar-refractivity contribution is 0.161. The summed E-state index contributed by atoms with van der Waals surface area (Å²) in [6.07, 6.45) is -0.0442. The van der Waals surface area contributed by atoms with Crippen LogP contribution in [-0.4, -0.2) is 6.04 Å². The molecule has 0 aliphatic rings. The van der Waals surface area contributed by atoms with Crippen LogP contribution >= 0.6 is 0 Å². The van der Waals surface area contributed by atoms with Crippen molar-refractivity contribution < 1.29 is 4.74 Å². The number of hydrogen-bond acceptors (Lipinski definition) is 2. The van der Waals surface area contributed by atoms with Crippen LogP contribution in [0.25, 0.3) is 0 Å². The molecule has 3 aromatic carbocycles. The van der Waals surface area contributed by atoms with Gasteiger partial charge in [0.1, 0.15) is 11.9 Å². The van der Waals surface area contributed by atoms with E-state index in [2.05, 4.69) is 60.8 Å². The number of nitrogens with one attached hydrogen (secondary N) is 1. The molecule has 0 amide bonds. The SMILES string of the molecule is C[C@H](NCc1ccccc1)[C@@H](Oc1ccccc1)c1ccccc1. The average molecular weight is 317 g/mol. The summed E-state index contributed by atoms with van der Waals surface area (Å²) >= 11 is 0. The summed E-state index contributed by atoms with van der Waals surface area (Å²) in [6.45, 7) is 2.99. The summed E-state index contributed by atoms with van der Waals surface area (Å²) in [5.41, 5.74) is 2.45. The van der Waals surface area contributed by atoms with E-state index in [-0.39, 0.29) is 12.1 Å². The molecule has 2 heteroatoms. The van der Waals surface area contributed by atoms with E-state index in [1.165, 1.54) is 11.1 Å². The van der Waals surface area contributed by atoms with Gasteiger partial charge >= 0.3 is 0 Å². The lowest BCUT2D eigenvalue weighted by atomic mass is 10.0. The third kappa shape index (κ3) is 4.46. The normalized spacial score (nSPS) is 13.2. The first-order chi connectivity index (χ1) is 11.8. The lowest BCUT2D eigenvalue weighted by Crippen LogP contribution is -2.34. The third-order valence-corrected chi connectivity index (χ3v) is 4.06. The van der Waals surface area contributed by atoms with Gasteiger partial charge in [-0.25, -0.2) is 0 Å². The molecule has 3 rings (SSSR count). The zero-order valence-corrected chi connectivity index (χ0v) is 13.9. The van der Waals surface area contributed by atoms with Crippen molar-refractivity contribution in [3.05, 3.63) is 102 Å². The van der Waals surface area contributed by atoms with Gasteiger partial charge in [-0.3, -0.25) is 0 Å². The van der Waals surface area contributed by atoms with E-state index in [9.17, 15) is 0 Å². The van der Waals surface area contributed by atoms with E-state index >= 15 is 0 Å². The summed E-state index contributed by atoms with van der Waals surface area (Å²) in [4.78, 5) is 0. The Morgan fingerprint density at radius 3 is 1.92 bits per heavy atom. The topological polar surface area (TPSA) is 21.3 Å². The van der Waals surface area contributed by atoms with E-state index in [1.54, 1.807) is 0 Å². The van der Waals surface area contributed by atoms with Gasteiger partial charge in [-0.15, -0.1) is 0 Å². The van der Waals surface area contributed by atoms with E-state index in [0.29, 0.717) is 0 Å². The van der Waals surface area contributed by atoms with Crippen LogP contribution in [0.4, 0.5) is 0 Å². The van der Waals surface area contributed by atoms with E-state index in [0.717, 1.165) is 12.3 Å². The largest absolute Gasteiger partial charge is 0.484 e. The van der Waals surface area contributed by atoms with Crippen molar-refractivity contribution in [3.8, 4) is 5.75 Å². The van der Waals surface area contributed by atoms with Gasteiger partial charge in [0, 0.05) is 12.6 Å². The van der Waals surface area contributed by atoms with Crippen LogP contribution < -0.4 is 10.1 Å². The fourth-order valence-electron chi connectivity index (χ4n) is 2.73. The Balaban J connectivity index is 1.73. The monoisotopic (exact) mass is 317 g/mol. The van der Waals surface area contributed by atoms with Crippen LogP contribution in [0.5, 0.6) is 5.75 Å². The number of rotatable bonds is 7. The molecule has 0 saturated heterocycles. The van der Waals surface area contributed by atoms with Gasteiger partial charge < -0.3 is 10.1 Å². The molecule has 2 atom stereocenters. The molecule has 3 aromatic rings. The van der Waals surface area contributed by atoms with Crippen molar-refractivity contribution in [2.75, 3.05) is 0 Å². The summed E-state index contributed by atoms with van der Waals surface area (Å²) in [6, 6.07) is 31.0. The van der Waals surface area contributed by atoms with Gasteiger partial charge in [-0.05, 0) is 30.2 Å². The zero-order valence-electron chi connectivity index (χ0n) is 13.9. The van der Waals surface area contributed by atoms with Crippen LogP contribution in [0.3, 0.4) is 0 Å². The van der Waals surface area contributed by atoms with Crippen molar-refractivity contribution in [2.45, 2.75) is 25.6 Å². The summed E-state index contributed by atoms with van der Waals surface area (Å²) < 4.78 is 6.29. The van der Waals surface area contributed by atoms with Crippen LogP contribution in [0.2, 0.25) is 0 Å². The molecular weight excluding hydrogens is 294 g/mol. The molecule has 122 valence electrons. The van der Waals surface area contributed by atoms with Crippen molar-refractivity contribution in [3.63, 3.8) is 0 Å². The highest BCUT2D eigenvalue weighted by atomic mass is 16.5. The molecule has 24 heavy (non-hydrogen) atoms. The Hall–Kier alpha value is -2.58. The number of ether oxygens (including phenoxy) is 1. The standard InChI is InChI=1S/C22H23NO/c1-18(23-17-19-11-5-2-6-12-19)22(20-13-7-3-8-14-20)24-21-15-9-4-10-16-21/h2-16,18,22-23H,17H2,1H3/t18-,22+/m0/s1. The molecule has 0 aromatic heterocycles. The molecule has 0 aliphatic heterocycles. The lowest BCUT2D eigenvalue weighted by Gasteiger charge is -2.26. The molecule has 0 bridgehead atoms. The summed E-state index contributed by atoms with van der Waals surface area (Å²) in [5, 5.41) is 3.59. The highest BCUT2D eigenvalue weighted by Crippen LogP contribution is 2.25. The Morgan fingerprint density at radius 1 is 0.750 bits per heavy atom. The predicted molar refractivity (Wildman–Crippen MR) is 99.0 cm³/mol. The molecule has 0 unspecified atom stereocenters. The van der Waals surface area contributed by atoms with Crippen molar-refractivity contribution >= 4 is 0 Å². The van der Waals surface area contributed by atoms with Crippen LogP contribution in [0.15, 0.2) is 91.0 Å². The quantitative estimate of drug-likeness (QED) is 0.663. The van der Waals surface area contributed by atoms with Gasteiger partial charge in [0.15, 0.2) is 0 Å². The Morgan fingerprint density at radius 2 is 1.29 bits per heavy atom. The molecular formula is C22H23NO. The maximum Gasteiger partial charge on any atom is 0.139 e. The number of benzene rings is 3. The maximum atomic E-state index is 6.29. The highest BCUT2D eigenvalue weighted by molar-refractivity contribution is 5.25. The second-order valence-corrected chi connectivity index (χ2v) is 5.92. The zero-order chi connectivity index (χ0) is 16.6. The first-order valence-corrected chi connectivity index (χ1v) is 8.37. The summed E-state index contributed by atoms with van der Waals surface area (Å²) in [7, 11) is 0. The minimum atomic E-state index is -0.0442. The molecule has 0 radical (unpaired) electrons. The Bertz CT molecular complexity index is 713. The second-order valence-electron chi connectivity index (χ2n) is 5.92. The molecule has 0 heterocycles. The highest BCUT2D eigenvalue weighted by Gasteiger charge is 2.20. The maximum absolute atomic E-state index is 6.29. The van der Waals surface area contributed by atoms with E-state index in [1.807, 2.05) is 42.5 Å². The van der Waals surface area contributed by atoms with Gasteiger partial charge in [0.2, 0.25) is 0 Å². The average Bonchev–Trinajstić information content (AvgIpc) is 2.66. The van der Waals surface area contributed by atoms with E-state index < -0.39 is 0 Å². The van der Waals surface area contributed by atoms with Gasteiger partial charge in [-0.1, -0.05) is 78.9 Å². The van der Waals surface area contributed by atoms with E-state index in [4.69, 9.17) is 4.74 Å². The fourth-order valence-corrected chi connectivity index (χ4v) is 2.73. The van der Waals surface area contributed by atoms with Crippen molar-refractivity contribution in [1.82, 2.24) is 5.32 Å². The fraction of sp³-hybridized carbons (Fsp3) is 0.182. The molecule has 0 fully saturated rings. The second kappa shape index (κ2) is 8.32. The Labute approximate surface area is 144 Å². The van der Waals surface area contributed by atoms with Gasteiger partial charge in [0.05, 0.1) is 0 Å². The minimum Gasteiger partial charge on any atom is -0.484 e. The third-order valence-electron chi connectivity index (χ3n) is 4.06. The van der Waals surface area contributed by atoms with Crippen molar-refractivity contribution in [1.29, 1.82) is 0 Å². The molecule has 0 aliphatic carbocycles. The number of hydrogen-bond donors (Lipinski definition) is 1. The van der Waals surface area contributed by atoms with Crippen molar-refractivity contribution in [2.24, 2.45) is 0 Å². The molecule has 1 N–H and O–H groups in total. The predicted octanol–water partition coefficient (Wildman–Crippen LogP) is 4.99. The molecule has 0 spiro atoms. The smallest absolute Gasteiger partial charge is 0.139 e. The first kappa shape index (κ1) is 16.3. The summed E-state index contributed by atoms with van der Waals surface area (Å²) in [5.74, 6) is 0.889. The van der Waals surface area contributed by atoms with Crippen LogP contribution in [-0.2, 0) is 6.54 Å².